The third-order valence-corrected chi connectivity index (χ3v) is 5.40. The van der Waals surface area contributed by atoms with Gasteiger partial charge in [-0.15, -0.1) is 0 Å². The zero-order valence-corrected chi connectivity index (χ0v) is 18.2. The number of amides is 5. The van der Waals surface area contributed by atoms with Crippen molar-refractivity contribution >= 4 is 35.1 Å². The minimum Gasteiger partial charge on any atom is -0.307 e. The number of unbranched alkanes of at least 4 members (excludes halogenated alkanes) is 1. The third kappa shape index (κ3) is 4.39. The van der Waals surface area contributed by atoms with Crippen LogP contribution in [0, 0.1) is 0 Å². The predicted molar refractivity (Wildman–Crippen MR) is 125 cm³/mol. The molecule has 0 spiro atoms. The van der Waals surface area contributed by atoms with Crippen molar-refractivity contribution in [2.75, 3.05) is 16.8 Å². The van der Waals surface area contributed by atoms with Crippen LogP contribution in [0.1, 0.15) is 50.8 Å². The average Bonchev–Trinajstić information content (AvgIpc) is 3.08. The number of para-hydroxylation sites is 2. The molecule has 33 heavy (non-hydrogen) atoms. The van der Waals surface area contributed by atoms with Crippen LogP contribution in [0.15, 0.2) is 78.9 Å². The molecule has 0 aromatic heterocycles. The minimum absolute atomic E-state index is 0.138. The standard InChI is InChI=1S/C26H23N3O4/c1-2-3-16-28-24(31)21-15-14-18(17-22(21)25(28)32)23(30)29(20-12-8-5-9-13-20)26(33)27-19-10-6-4-7-11-19/h4-15,17H,2-3,16H2,1H3,(H,27,33). The molecule has 0 saturated carbocycles. The van der Waals surface area contributed by atoms with Crippen molar-refractivity contribution in [1.29, 1.82) is 0 Å². The summed E-state index contributed by atoms with van der Waals surface area (Å²) in [5, 5.41) is 2.73. The molecule has 1 aliphatic heterocycles. The van der Waals surface area contributed by atoms with Gasteiger partial charge in [0.15, 0.2) is 0 Å². The monoisotopic (exact) mass is 441 g/mol. The number of anilines is 2. The number of carbonyl (C=O) groups excluding carboxylic acids is 4. The molecule has 0 bridgehead atoms. The van der Waals surface area contributed by atoms with Crippen LogP contribution in [0.4, 0.5) is 16.2 Å². The predicted octanol–water partition coefficient (Wildman–Crippen LogP) is 4.96. The molecule has 0 radical (unpaired) electrons. The lowest BCUT2D eigenvalue weighted by Gasteiger charge is -2.21. The lowest BCUT2D eigenvalue weighted by molar-refractivity contribution is 0.0652. The number of hydrogen-bond donors (Lipinski definition) is 1. The molecule has 0 unspecified atom stereocenters. The molecule has 0 fully saturated rings. The molecule has 5 amide bonds. The number of urea groups is 1. The van der Waals surface area contributed by atoms with Gasteiger partial charge in [0.2, 0.25) is 0 Å². The highest BCUT2D eigenvalue weighted by molar-refractivity contribution is 6.26. The summed E-state index contributed by atoms with van der Waals surface area (Å²) in [6, 6.07) is 21.1. The van der Waals surface area contributed by atoms with E-state index in [2.05, 4.69) is 5.32 Å². The molecule has 0 atom stereocenters. The Labute approximate surface area is 191 Å². The Balaban J connectivity index is 1.67. The van der Waals surface area contributed by atoms with E-state index in [1.807, 2.05) is 13.0 Å². The number of fused-ring (bicyclic) bond motifs is 1. The van der Waals surface area contributed by atoms with Crippen molar-refractivity contribution in [2.24, 2.45) is 0 Å². The van der Waals surface area contributed by atoms with Gasteiger partial charge in [-0.3, -0.25) is 19.3 Å². The molecule has 7 heteroatoms. The molecule has 0 aliphatic carbocycles. The second-order valence-electron chi connectivity index (χ2n) is 7.65. The maximum absolute atomic E-state index is 13.5. The summed E-state index contributed by atoms with van der Waals surface area (Å²) >= 11 is 0. The summed E-state index contributed by atoms with van der Waals surface area (Å²) in [7, 11) is 0. The molecule has 1 aliphatic rings. The second kappa shape index (κ2) is 9.48. The minimum atomic E-state index is -0.634. The van der Waals surface area contributed by atoms with Gasteiger partial charge in [0.05, 0.1) is 16.8 Å². The second-order valence-corrected chi connectivity index (χ2v) is 7.65. The van der Waals surface area contributed by atoms with Crippen LogP contribution in [0.5, 0.6) is 0 Å². The zero-order valence-electron chi connectivity index (χ0n) is 18.2. The van der Waals surface area contributed by atoms with E-state index >= 15 is 0 Å². The van der Waals surface area contributed by atoms with E-state index in [0.717, 1.165) is 11.3 Å². The lowest BCUT2D eigenvalue weighted by Crippen LogP contribution is -2.40. The molecule has 1 heterocycles. The quantitative estimate of drug-likeness (QED) is 0.548. The zero-order chi connectivity index (χ0) is 23.4. The van der Waals surface area contributed by atoms with Gasteiger partial charge in [-0.1, -0.05) is 49.7 Å². The highest BCUT2D eigenvalue weighted by Crippen LogP contribution is 2.26. The van der Waals surface area contributed by atoms with Crippen molar-refractivity contribution < 1.29 is 19.2 Å². The Kier molecular flexibility index (Phi) is 6.31. The molecule has 1 N–H and O–H groups in total. The van der Waals surface area contributed by atoms with E-state index < -0.39 is 17.8 Å². The SMILES string of the molecule is CCCCN1C(=O)c2ccc(C(=O)N(C(=O)Nc3ccccc3)c3ccccc3)cc2C1=O. The first kappa shape index (κ1) is 22.0. The smallest absolute Gasteiger partial charge is 0.307 e. The summed E-state index contributed by atoms with van der Waals surface area (Å²) in [6.07, 6.45) is 1.55. The fourth-order valence-corrected chi connectivity index (χ4v) is 3.68. The van der Waals surface area contributed by atoms with Crippen molar-refractivity contribution in [2.45, 2.75) is 19.8 Å². The molecular formula is C26H23N3O4. The first-order valence-electron chi connectivity index (χ1n) is 10.8. The van der Waals surface area contributed by atoms with Gasteiger partial charge in [0.1, 0.15) is 0 Å². The van der Waals surface area contributed by atoms with Crippen molar-refractivity contribution in [3.8, 4) is 0 Å². The van der Waals surface area contributed by atoms with Gasteiger partial charge in [0.25, 0.3) is 17.7 Å². The maximum Gasteiger partial charge on any atom is 0.333 e. The summed E-state index contributed by atoms with van der Waals surface area (Å²) in [5.74, 6) is -1.38. The number of nitrogens with one attached hydrogen (secondary N) is 1. The van der Waals surface area contributed by atoms with Crippen molar-refractivity contribution in [1.82, 2.24) is 4.90 Å². The molecule has 0 saturated heterocycles. The molecule has 4 rings (SSSR count). The van der Waals surface area contributed by atoms with Gasteiger partial charge in [-0.2, -0.15) is 0 Å². The highest BCUT2D eigenvalue weighted by Gasteiger charge is 2.36. The molecule has 7 nitrogen and oxygen atoms in total. The van der Waals surface area contributed by atoms with E-state index in [-0.39, 0.29) is 22.6 Å². The topological polar surface area (TPSA) is 86.8 Å². The Morgan fingerprint density at radius 2 is 1.48 bits per heavy atom. The average molecular weight is 441 g/mol. The number of hydrogen-bond acceptors (Lipinski definition) is 4. The number of imide groups is 2. The van der Waals surface area contributed by atoms with Gasteiger partial charge < -0.3 is 5.32 Å². The van der Waals surface area contributed by atoms with Crippen LogP contribution >= 0.6 is 0 Å². The normalized spacial score (nSPS) is 12.5. The Hall–Kier alpha value is -4.26. The number of benzene rings is 3. The van der Waals surface area contributed by atoms with E-state index in [0.29, 0.717) is 24.3 Å². The fraction of sp³-hybridized carbons (Fsp3) is 0.154. The van der Waals surface area contributed by atoms with Crippen LogP contribution in [0.2, 0.25) is 0 Å². The van der Waals surface area contributed by atoms with Gasteiger partial charge in [0, 0.05) is 17.8 Å². The maximum atomic E-state index is 13.5. The van der Waals surface area contributed by atoms with E-state index in [4.69, 9.17) is 0 Å². The number of carbonyl (C=O) groups is 4. The Bertz CT molecular complexity index is 1210. The van der Waals surface area contributed by atoms with Crippen LogP contribution < -0.4 is 10.2 Å². The third-order valence-electron chi connectivity index (χ3n) is 5.40. The van der Waals surface area contributed by atoms with Gasteiger partial charge in [-0.05, 0) is 48.9 Å². The summed E-state index contributed by atoms with van der Waals surface area (Å²) in [6.45, 7) is 2.31. The van der Waals surface area contributed by atoms with Crippen molar-refractivity contribution in [3.05, 3.63) is 95.6 Å². The lowest BCUT2D eigenvalue weighted by atomic mass is 10.0. The summed E-state index contributed by atoms with van der Waals surface area (Å²) in [4.78, 5) is 54.2. The number of nitrogens with zero attached hydrogens (tertiary/aromatic N) is 2. The van der Waals surface area contributed by atoms with Crippen LogP contribution in [0.25, 0.3) is 0 Å². The molecule has 3 aromatic rings. The molecule has 3 aromatic carbocycles. The number of rotatable bonds is 6. The Morgan fingerprint density at radius 1 is 0.848 bits per heavy atom. The van der Waals surface area contributed by atoms with Crippen molar-refractivity contribution in [3.63, 3.8) is 0 Å². The van der Waals surface area contributed by atoms with E-state index in [1.165, 1.54) is 23.1 Å². The fourth-order valence-electron chi connectivity index (χ4n) is 3.68. The summed E-state index contributed by atoms with van der Waals surface area (Å²) in [5.41, 5.74) is 1.51. The molecule has 166 valence electrons. The molecular weight excluding hydrogens is 418 g/mol. The van der Waals surface area contributed by atoms with Crippen LogP contribution in [-0.2, 0) is 0 Å². The van der Waals surface area contributed by atoms with E-state index in [9.17, 15) is 19.2 Å². The summed E-state index contributed by atoms with van der Waals surface area (Å²) < 4.78 is 0. The first-order chi connectivity index (χ1) is 16.0. The van der Waals surface area contributed by atoms with Crippen LogP contribution in [0.3, 0.4) is 0 Å². The highest BCUT2D eigenvalue weighted by atomic mass is 16.2. The largest absolute Gasteiger partial charge is 0.333 e. The Morgan fingerprint density at radius 3 is 2.15 bits per heavy atom. The van der Waals surface area contributed by atoms with E-state index in [1.54, 1.807) is 54.6 Å². The van der Waals surface area contributed by atoms with Gasteiger partial charge >= 0.3 is 6.03 Å². The van der Waals surface area contributed by atoms with Crippen LogP contribution in [-0.4, -0.2) is 35.2 Å². The first-order valence-corrected chi connectivity index (χ1v) is 10.8. The van der Waals surface area contributed by atoms with Gasteiger partial charge in [-0.25, -0.2) is 9.69 Å².